The molecule has 1 aliphatic rings. The summed E-state index contributed by atoms with van der Waals surface area (Å²) < 4.78 is 13.0. The van der Waals surface area contributed by atoms with Gasteiger partial charge in [-0.15, -0.1) is 0 Å². The van der Waals surface area contributed by atoms with E-state index >= 15 is 0 Å². The molecule has 150 valence electrons. The van der Waals surface area contributed by atoms with Gasteiger partial charge in [0.1, 0.15) is 5.82 Å². The predicted molar refractivity (Wildman–Crippen MR) is 110 cm³/mol. The van der Waals surface area contributed by atoms with Crippen molar-refractivity contribution in [2.24, 2.45) is 5.41 Å². The Morgan fingerprint density at radius 2 is 1.93 bits per heavy atom. The highest BCUT2D eigenvalue weighted by Gasteiger charge is 2.36. The zero-order valence-electron chi connectivity index (χ0n) is 16.7. The number of benzene rings is 2. The highest BCUT2D eigenvalue weighted by Crippen LogP contribution is 2.34. The van der Waals surface area contributed by atoms with Gasteiger partial charge in [-0.3, -0.25) is 4.79 Å². The molecule has 0 bridgehead atoms. The number of aryl methyl sites for hydroxylation is 2. The zero-order valence-corrected chi connectivity index (χ0v) is 16.7. The average molecular weight is 384 g/mol. The van der Waals surface area contributed by atoms with Crippen LogP contribution in [-0.4, -0.2) is 35.6 Å². The van der Waals surface area contributed by atoms with Gasteiger partial charge in [-0.05, 0) is 67.9 Å². The molecule has 3 nitrogen and oxygen atoms in total. The van der Waals surface area contributed by atoms with Crippen molar-refractivity contribution < 1.29 is 14.3 Å². The molecule has 1 saturated heterocycles. The fourth-order valence-corrected chi connectivity index (χ4v) is 4.22. The van der Waals surface area contributed by atoms with Gasteiger partial charge in [-0.25, -0.2) is 4.39 Å². The first-order valence-electron chi connectivity index (χ1n) is 10.2. The van der Waals surface area contributed by atoms with Crippen LogP contribution in [0.5, 0.6) is 0 Å². The number of carbonyl (C=O) groups is 1. The molecular formula is C24H30FNO2. The Balaban J connectivity index is 1.57. The van der Waals surface area contributed by atoms with Crippen LogP contribution in [0.1, 0.15) is 42.4 Å². The van der Waals surface area contributed by atoms with Gasteiger partial charge in [0.2, 0.25) is 5.91 Å². The molecule has 1 amide bonds. The van der Waals surface area contributed by atoms with Gasteiger partial charge in [0.05, 0.1) is 6.61 Å². The lowest BCUT2D eigenvalue weighted by atomic mass is 9.75. The average Bonchev–Trinajstić information content (AvgIpc) is 2.71. The normalized spacial score (nSPS) is 19.6. The van der Waals surface area contributed by atoms with Crippen LogP contribution in [0.25, 0.3) is 0 Å². The molecule has 2 aromatic carbocycles. The molecule has 0 aliphatic carbocycles. The number of aliphatic hydroxyl groups is 1. The number of halogens is 1. The van der Waals surface area contributed by atoms with E-state index in [0.717, 1.165) is 44.2 Å². The van der Waals surface area contributed by atoms with E-state index in [4.69, 9.17) is 0 Å². The summed E-state index contributed by atoms with van der Waals surface area (Å²) in [7, 11) is 0. The minimum absolute atomic E-state index is 0.0979. The Hall–Kier alpha value is -2.20. The van der Waals surface area contributed by atoms with E-state index in [1.807, 2.05) is 17.0 Å². The Morgan fingerprint density at radius 3 is 2.64 bits per heavy atom. The van der Waals surface area contributed by atoms with Crippen LogP contribution >= 0.6 is 0 Å². The molecular weight excluding hydrogens is 353 g/mol. The maximum Gasteiger partial charge on any atom is 0.222 e. The zero-order chi connectivity index (χ0) is 20.0. The summed E-state index contributed by atoms with van der Waals surface area (Å²) in [4.78, 5) is 14.7. The molecule has 0 radical (unpaired) electrons. The fraction of sp³-hybridized carbons (Fsp3) is 0.458. The van der Waals surface area contributed by atoms with Crippen molar-refractivity contribution >= 4 is 5.91 Å². The molecule has 0 spiro atoms. The number of nitrogens with zero attached hydrogens (tertiary/aromatic N) is 1. The highest BCUT2D eigenvalue weighted by molar-refractivity contribution is 5.76. The maximum atomic E-state index is 13.0. The van der Waals surface area contributed by atoms with Crippen LogP contribution in [0.2, 0.25) is 0 Å². The van der Waals surface area contributed by atoms with Crippen LogP contribution in [-0.2, 0) is 17.6 Å². The predicted octanol–water partition coefficient (Wildman–Crippen LogP) is 4.30. The van der Waals surface area contributed by atoms with E-state index in [0.29, 0.717) is 13.0 Å². The van der Waals surface area contributed by atoms with E-state index in [-0.39, 0.29) is 23.7 Å². The van der Waals surface area contributed by atoms with Gasteiger partial charge in [0.25, 0.3) is 0 Å². The number of likely N-dealkylation sites (tertiary alicyclic amines) is 1. The molecule has 3 rings (SSSR count). The summed E-state index contributed by atoms with van der Waals surface area (Å²) in [6.07, 6.45) is 4.69. The lowest BCUT2D eigenvalue weighted by Crippen LogP contribution is -2.49. The summed E-state index contributed by atoms with van der Waals surface area (Å²) in [5.41, 5.74) is 3.29. The Bertz CT molecular complexity index is 789. The largest absolute Gasteiger partial charge is 0.396 e. The number of amides is 1. The summed E-state index contributed by atoms with van der Waals surface area (Å²) in [5.74, 6) is -0.0773. The molecule has 2 aromatic rings. The third-order valence-corrected chi connectivity index (χ3v) is 5.95. The van der Waals surface area contributed by atoms with Gasteiger partial charge >= 0.3 is 0 Å². The van der Waals surface area contributed by atoms with Crippen molar-refractivity contribution in [3.8, 4) is 0 Å². The first kappa shape index (κ1) is 20.5. The van der Waals surface area contributed by atoms with Gasteiger partial charge in [0.15, 0.2) is 0 Å². The third-order valence-electron chi connectivity index (χ3n) is 5.95. The number of hydrogen-bond donors (Lipinski definition) is 1. The van der Waals surface area contributed by atoms with Crippen molar-refractivity contribution in [3.63, 3.8) is 0 Å². The Labute approximate surface area is 167 Å². The molecule has 1 N–H and O–H groups in total. The third kappa shape index (κ3) is 5.20. The lowest BCUT2D eigenvalue weighted by molar-refractivity contribution is -0.135. The van der Waals surface area contributed by atoms with Gasteiger partial charge < -0.3 is 10.0 Å². The lowest BCUT2D eigenvalue weighted by Gasteiger charge is -2.42. The van der Waals surface area contributed by atoms with E-state index < -0.39 is 0 Å². The fourth-order valence-electron chi connectivity index (χ4n) is 4.22. The summed E-state index contributed by atoms with van der Waals surface area (Å²) in [6.45, 7) is 3.58. The molecule has 1 atom stereocenters. The molecule has 4 heteroatoms. The number of hydrogen-bond acceptors (Lipinski definition) is 2. The molecule has 28 heavy (non-hydrogen) atoms. The second-order valence-electron chi connectivity index (χ2n) is 8.16. The Morgan fingerprint density at radius 1 is 1.18 bits per heavy atom. The number of piperidine rings is 1. The maximum absolute atomic E-state index is 13.0. The van der Waals surface area contributed by atoms with Crippen molar-refractivity contribution in [1.82, 2.24) is 4.90 Å². The second-order valence-corrected chi connectivity index (χ2v) is 8.16. The minimum Gasteiger partial charge on any atom is -0.396 e. The quantitative estimate of drug-likeness (QED) is 0.774. The smallest absolute Gasteiger partial charge is 0.222 e. The molecule has 1 aliphatic heterocycles. The number of aliphatic hydroxyl groups excluding tert-OH is 1. The summed E-state index contributed by atoms with van der Waals surface area (Å²) >= 11 is 0. The second kappa shape index (κ2) is 9.33. The van der Waals surface area contributed by atoms with Crippen molar-refractivity contribution in [3.05, 3.63) is 71.0 Å². The first-order chi connectivity index (χ1) is 13.5. The van der Waals surface area contributed by atoms with Gasteiger partial charge in [-0.2, -0.15) is 0 Å². The van der Waals surface area contributed by atoms with Gasteiger partial charge in [-0.1, -0.05) is 36.4 Å². The monoisotopic (exact) mass is 383 g/mol. The molecule has 0 aromatic heterocycles. The Kier molecular flexibility index (Phi) is 6.84. The molecule has 1 fully saturated rings. The summed E-state index contributed by atoms with van der Waals surface area (Å²) in [6, 6.07) is 14.8. The highest BCUT2D eigenvalue weighted by atomic mass is 19.1. The topological polar surface area (TPSA) is 40.5 Å². The number of rotatable bonds is 7. The number of carbonyl (C=O) groups excluding carboxylic acids is 1. The standard InChI is InChI=1S/C24H30FNO2/c1-19-6-2-3-8-21(19)16-24(18-27)14-5-15-26(17-24)23(28)9-4-7-20-10-12-22(25)13-11-20/h2-3,6,8,10-13,27H,4-5,7,9,14-18H2,1H3/t24-/m1/s1. The van der Waals surface area contributed by atoms with E-state index in [2.05, 4.69) is 19.1 Å². The minimum atomic E-state index is -0.253. The van der Waals surface area contributed by atoms with Crippen molar-refractivity contribution in [2.75, 3.05) is 19.7 Å². The molecule has 0 unspecified atom stereocenters. The van der Waals surface area contributed by atoms with E-state index in [1.165, 1.54) is 23.3 Å². The van der Waals surface area contributed by atoms with Crippen LogP contribution in [0.4, 0.5) is 4.39 Å². The van der Waals surface area contributed by atoms with Crippen LogP contribution in [0, 0.1) is 18.2 Å². The first-order valence-corrected chi connectivity index (χ1v) is 10.2. The van der Waals surface area contributed by atoms with E-state index in [1.54, 1.807) is 12.1 Å². The SMILES string of the molecule is Cc1ccccc1C[C@]1(CO)CCCN(C(=O)CCCc2ccc(F)cc2)C1. The van der Waals surface area contributed by atoms with Crippen molar-refractivity contribution in [1.29, 1.82) is 0 Å². The molecule has 0 saturated carbocycles. The van der Waals surface area contributed by atoms with Crippen molar-refractivity contribution in [2.45, 2.75) is 45.4 Å². The molecule has 1 heterocycles. The van der Waals surface area contributed by atoms with E-state index in [9.17, 15) is 14.3 Å². The summed E-state index contributed by atoms with van der Waals surface area (Å²) in [5, 5.41) is 10.2. The van der Waals surface area contributed by atoms with Crippen LogP contribution in [0.15, 0.2) is 48.5 Å². The van der Waals surface area contributed by atoms with Crippen LogP contribution < -0.4 is 0 Å². The van der Waals surface area contributed by atoms with Gasteiger partial charge in [0, 0.05) is 24.9 Å². The van der Waals surface area contributed by atoms with Crippen LogP contribution in [0.3, 0.4) is 0 Å².